The summed E-state index contributed by atoms with van der Waals surface area (Å²) in [5, 5.41) is 21.3. The van der Waals surface area contributed by atoms with E-state index in [1.54, 1.807) is 75.3 Å². The maximum absolute atomic E-state index is 13.5. The van der Waals surface area contributed by atoms with Gasteiger partial charge in [-0.15, -0.1) is 0 Å². The molecule has 0 bridgehead atoms. The van der Waals surface area contributed by atoms with Crippen LogP contribution in [0.1, 0.15) is 73.4 Å². The smallest absolute Gasteiger partial charge is 0.342 e. The molecule has 24 nitrogen and oxygen atoms in total. The third kappa shape index (κ3) is 21.2. The van der Waals surface area contributed by atoms with E-state index >= 15 is 0 Å². The van der Waals surface area contributed by atoms with Gasteiger partial charge in [-0.2, -0.15) is 10.2 Å². The van der Waals surface area contributed by atoms with E-state index in [1.807, 2.05) is 0 Å². The average Bonchev–Trinajstić information content (AvgIpc) is 4.00. The second-order valence-electron chi connectivity index (χ2n) is 15.3. The molecule has 4 N–H and O–H groups in total. The monoisotopic (exact) mass is 1090 g/mol. The lowest BCUT2D eigenvalue weighted by molar-refractivity contribution is -0.137. The summed E-state index contributed by atoms with van der Waals surface area (Å²) in [6.45, 7) is 8.50. The quantitative estimate of drug-likeness (QED) is 0.0251. The SMILES string of the molecule is CCOP(O)CN(Cc1ccn(-c2cc(C#Cc3cc(OCCOC)c(C(=O)NCCCC(=O)O)cc3OCCOC)cc(-n3ccc(CN(C[PH](=O)OCC)CP(=O)(O)OCC)n3)n2)n1)C[PH](=O)OCC. The third-order valence-electron chi connectivity index (χ3n) is 9.56. The molecule has 1 amide bonds. The van der Waals surface area contributed by atoms with Crippen molar-refractivity contribution in [1.29, 1.82) is 0 Å². The molecule has 0 radical (unpaired) electrons. The van der Waals surface area contributed by atoms with Crippen LogP contribution >= 0.6 is 32.0 Å². The van der Waals surface area contributed by atoms with Gasteiger partial charge >= 0.3 is 13.6 Å². The summed E-state index contributed by atoms with van der Waals surface area (Å²) in [6.07, 6.45) is 3.02. The molecule has 0 aliphatic heterocycles. The van der Waals surface area contributed by atoms with E-state index in [9.17, 15) is 33.1 Å². The van der Waals surface area contributed by atoms with E-state index < -0.39 is 50.2 Å². The van der Waals surface area contributed by atoms with Crippen LogP contribution in [0.4, 0.5) is 0 Å². The van der Waals surface area contributed by atoms with Gasteiger partial charge in [0.05, 0.1) is 81.0 Å². The summed E-state index contributed by atoms with van der Waals surface area (Å²) in [7, 11) is -7.98. The van der Waals surface area contributed by atoms with E-state index in [2.05, 4.69) is 17.2 Å². The number of nitrogens with zero attached hydrogens (tertiary/aromatic N) is 7. The zero-order valence-corrected chi connectivity index (χ0v) is 45.1. The molecule has 0 saturated carbocycles. The summed E-state index contributed by atoms with van der Waals surface area (Å²) in [5.74, 6) is 5.83. The van der Waals surface area contributed by atoms with Crippen LogP contribution in [-0.2, 0) is 59.1 Å². The maximum Gasteiger partial charge on any atom is 0.342 e. The molecular weight excluding hydrogens is 1020 g/mol. The van der Waals surface area contributed by atoms with E-state index in [1.165, 1.54) is 34.5 Å². The van der Waals surface area contributed by atoms with E-state index in [0.29, 0.717) is 34.9 Å². The highest BCUT2D eigenvalue weighted by molar-refractivity contribution is 7.52. The number of hydrogen-bond acceptors (Lipinski definition) is 19. The van der Waals surface area contributed by atoms with Gasteiger partial charge in [-0.25, -0.2) is 14.3 Å². The van der Waals surface area contributed by atoms with Crippen LogP contribution in [-0.4, -0.2) is 160 Å². The van der Waals surface area contributed by atoms with Crippen molar-refractivity contribution in [1.82, 2.24) is 39.7 Å². The van der Waals surface area contributed by atoms with Gasteiger partial charge in [-0.05, 0) is 64.4 Å². The largest absolute Gasteiger partial charge is 0.490 e. The Morgan fingerprint density at radius 2 is 1.39 bits per heavy atom. The van der Waals surface area contributed by atoms with Gasteiger partial charge in [0.1, 0.15) is 31.0 Å². The molecule has 3 heterocycles. The number of hydrogen-bond donors (Lipinski definition) is 4. The second kappa shape index (κ2) is 32.0. The first-order valence-electron chi connectivity index (χ1n) is 23.0. The number of nitrogens with one attached hydrogen (secondary N) is 1. The fourth-order valence-corrected chi connectivity index (χ4v) is 11.1. The number of carboxylic acid groups (broad SMARTS) is 1. The molecular formula is C44H66N8O16P4. The zero-order chi connectivity index (χ0) is 52.5. The topological polar surface area (TPSA) is 287 Å². The van der Waals surface area contributed by atoms with Crippen molar-refractivity contribution in [2.24, 2.45) is 0 Å². The number of benzene rings is 1. The van der Waals surface area contributed by atoms with Crippen LogP contribution in [0.25, 0.3) is 11.6 Å². The Hall–Kier alpha value is -4.39. The lowest BCUT2D eigenvalue weighted by Crippen LogP contribution is -2.26. The highest BCUT2D eigenvalue weighted by atomic mass is 31.2. The van der Waals surface area contributed by atoms with Gasteiger partial charge in [0.15, 0.2) is 20.0 Å². The molecule has 72 heavy (non-hydrogen) atoms. The predicted octanol–water partition coefficient (Wildman–Crippen LogP) is 5.52. The van der Waals surface area contributed by atoms with Crippen molar-refractivity contribution in [2.75, 3.05) is 98.8 Å². The summed E-state index contributed by atoms with van der Waals surface area (Å²) in [5.41, 5.74) is 1.87. The molecule has 0 fully saturated rings. The van der Waals surface area contributed by atoms with Crippen molar-refractivity contribution in [3.63, 3.8) is 0 Å². The Balaban J connectivity index is 1.84. The van der Waals surface area contributed by atoms with Crippen LogP contribution in [0.15, 0.2) is 48.8 Å². The number of carboxylic acids is 1. The Bertz CT molecular complexity index is 2500. The first-order chi connectivity index (χ1) is 34.6. The number of amides is 1. The molecule has 3 aromatic heterocycles. The Morgan fingerprint density at radius 3 is 1.94 bits per heavy atom. The van der Waals surface area contributed by atoms with Crippen molar-refractivity contribution < 1.29 is 75.2 Å². The maximum atomic E-state index is 13.5. The van der Waals surface area contributed by atoms with Crippen molar-refractivity contribution >= 4 is 43.9 Å². The van der Waals surface area contributed by atoms with Gasteiger partial charge in [0.2, 0.25) is 16.1 Å². The minimum Gasteiger partial charge on any atom is -0.490 e. The van der Waals surface area contributed by atoms with Crippen LogP contribution in [0.3, 0.4) is 0 Å². The number of methoxy groups -OCH3 is 2. The van der Waals surface area contributed by atoms with E-state index in [-0.39, 0.29) is 120 Å². The third-order valence-corrected chi connectivity index (χ3v) is 14.8. The summed E-state index contributed by atoms with van der Waals surface area (Å²) < 4.78 is 84.9. The fraction of sp³-hybridized carbons (Fsp3) is 0.523. The fourth-order valence-electron chi connectivity index (χ4n) is 6.58. The van der Waals surface area contributed by atoms with Crippen LogP contribution in [0, 0.1) is 11.8 Å². The Morgan fingerprint density at radius 1 is 0.806 bits per heavy atom. The standard InChI is InChI=1S/C44H66N8O16P4/c1-7-65-69(56)30-49(31-70(57)66-8-2)28-36-15-18-51(47-36)41-24-34(25-42(46-41)52-19-16-37(48-52)29-50(32-71(58)67-9-3)33-72(59,60)68-10-4)13-14-35-26-40(64-23-21-62-6)38(27-39(35)63-22-20-61-5)44(55)45-17-11-12-43(53)54/h15-16,18-19,24-27,56,70-71H,7-12,17,20-23,28-33H2,1-6H3,(H,45,55)(H,53,54)(H,59,60). The number of rotatable bonds is 35. The highest BCUT2D eigenvalue weighted by Gasteiger charge is 2.26. The number of ether oxygens (including phenoxy) is 4. The molecule has 4 rings (SSSR count). The predicted molar refractivity (Wildman–Crippen MR) is 269 cm³/mol. The van der Waals surface area contributed by atoms with Gasteiger partial charge in [0, 0.05) is 64.3 Å². The van der Waals surface area contributed by atoms with Gasteiger partial charge in [-0.3, -0.25) is 33.1 Å². The first kappa shape index (κ1) is 60.2. The minimum atomic E-state index is -4.09. The molecule has 0 saturated heterocycles. The molecule has 28 heteroatoms. The van der Waals surface area contributed by atoms with Crippen molar-refractivity contribution in [3.8, 4) is 35.0 Å². The molecule has 1 aromatic carbocycles. The van der Waals surface area contributed by atoms with Crippen molar-refractivity contribution in [3.05, 3.63) is 76.9 Å². The number of aromatic nitrogens is 5. The van der Waals surface area contributed by atoms with Crippen LogP contribution < -0.4 is 14.8 Å². The first-order valence-corrected chi connectivity index (χ1v) is 29.2. The highest BCUT2D eigenvalue weighted by Crippen LogP contribution is 2.43. The average molecular weight is 1090 g/mol. The summed E-state index contributed by atoms with van der Waals surface area (Å²) in [6, 6.07) is 9.85. The molecule has 4 atom stereocenters. The Labute approximate surface area is 421 Å². The van der Waals surface area contributed by atoms with Gasteiger partial charge < -0.3 is 57.3 Å². The number of pyridine rings is 1. The van der Waals surface area contributed by atoms with E-state index in [4.69, 9.17) is 57.3 Å². The molecule has 0 aliphatic carbocycles. The van der Waals surface area contributed by atoms with Crippen LogP contribution in [0.2, 0.25) is 0 Å². The molecule has 4 aromatic rings. The Kier molecular flexibility index (Phi) is 26.8. The number of aliphatic carboxylic acids is 1. The minimum absolute atomic E-state index is 0.000911. The zero-order valence-electron chi connectivity index (χ0n) is 41.3. The lowest BCUT2D eigenvalue weighted by Gasteiger charge is -2.23. The number of carbonyl (C=O) groups is 2. The normalized spacial score (nSPS) is 13.6. The number of carbonyl (C=O) groups excluding carboxylic acids is 1. The molecule has 0 aliphatic rings. The van der Waals surface area contributed by atoms with E-state index in [0.717, 1.165) is 0 Å². The molecule has 398 valence electrons. The van der Waals surface area contributed by atoms with Crippen LogP contribution in [0.5, 0.6) is 11.5 Å². The molecule has 4 unspecified atom stereocenters. The second-order valence-corrected chi connectivity index (χ2v) is 21.1. The summed E-state index contributed by atoms with van der Waals surface area (Å²) in [4.78, 5) is 53.7. The van der Waals surface area contributed by atoms with Gasteiger partial charge in [-0.1, -0.05) is 11.8 Å². The van der Waals surface area contributed by atoms with Crippen molar-refractivity contribution in [2.45, 2.75) is 53.6 Å². The van der Waals surface area contributed by atoms with Gasteiger partial charge in [0.25, 0.3) is 5.91 Å². The lowest BCUT2D eigenvalue weighted by atomic mass is 10.1. The molecule has 0 spiro atoms. The summed E-state index contributed by atoms with van der Waals surface area (Å²) >= 11 is 0.